The number of ether oxygens (including phenoxy) is 1. The maximum atomic E-state index is 12.9. The predicted octanol–water partition coefficient (Wildman–Crippen LogP) is 2.28. The first-order valence-electron chi connectivity index (χ1n) is 8.90. The number of amides is 2. The second-order valence-corrected chi connectivity index (χ2v) is 7.57. The lowest BCUT2D eigenvalue weighted by atomic mass is 10.2. The summed E-state index contributed by atoms with van der Waals surface area (Å²) in [4.78, 5) is 26.5. The topological polar surface area (TPSA) is 113 Å². The van der Waals surface area contributed by atoms with E-state index in [1.165, 1.54) is 0 Å². The van der Waals surface area contributed by atoms with Gasteiger partial charge in [0.05, 0.1) is 11.9 Å². The molecule has 2 amide bonds. The minimum Gasteiger partial charge on any atom is -0.444 e. The molecule has 1 aliphatic carbocycles. The lowest BCUT2D eigenvalue weighted by molar-refractivity contribution is -0.120. The summed E-state index contributed by atoms with van der Waals surface area (Å²) in [5.74, 6) is 0.223. The van der Waals surface area contributed by atoms with E-state index >= 15 is 0 Å². The molecule has 2 N–H and O–H groups in total. The number of nitrogens with zero attached hydrogens (tertiary/aromatic N) is 4. The minimum atomic E-state index is -0.740. The van der Waals surface area contributed by atoms with E-state index in [1.807, 2.05) is 0 Å². The first kappa shape index (κ1) is 18.8. The van der Waals surface area contributed by atoms with Crippen LogP contribution in [0.2, 0.25) is 0 Å². The van der Waals surface area contributed by atoms with Gasteiger partial charge in [-0.3, -0.25) is 14.8 Å². The summed E-state index contributed by atoms with van der Waals surface area (Å²) in [6.45, 7) is 6.95. The molecule has 0 aromatic carbocycles. The molecule has 2 aromatic heterocycles. The summed E-state index contributed by atoms with van der Waals surface area (Å²) in [6.07, 6.45) is 4.55. The normalized spacial score (nSPS) is 15.1. The van der Waals surface area contributed by atoms with Crippen LogP contribution in [0.25, 0.3) is 11.3 Å². The first-order chi connectivity index (χ1) is 12.7. The van der Waals surface area contributed by atoms with Crippen LogP contribution in [-0.4, -0.2) is 50.1 Å². The van der Waals surface area contributed by atoms with Crippen LogP contribution in [0, 0.1) is 0 Å². The number of hydrogen-bond donors (Lipinski definition) is 2. The van der Waals surface area contributed by atoms with Crippen molar-refractivity contribution in [1.82, 2.24) is 25.7 Å². The summed E-state index contributed by atoms with van der Waals surface area (Å²) in [5.41, 5.74) is 0.853. The van der Waals surface area contributed by atoms with Crippen molar-refractivity contribution in [2.75, 3.05) is 4.90 Å². The molecule has 1 fully saturated rings. The number of carbonyl (C=O) groups is 2. The fraction of sp³-hybridized carbons (Fsp3) is 0.500. The smallest absolute Gasteiger partial charge is 0.408 e. The highest BCUT2D eigenvalue weighted by atomic mass is 16.6. The van der Waals surface area contributed by atoms with E-state index in [2.05, 4.69) is 25.7 Å². The lowest BCUT2D eigenvalue weighted by Crippen LogP contribution is -2.49. The standard InChI is InChI=1S/C18H24N6O3/c1-11(21-17(26)27-18(2,3)4)16(25)24(13-5-6-13)15-8-7-14(22-23-15)12-9-19-20-10-12/h7-11,13H,5-6H2,1-4H3,(H,19,20)(H,21,26). The van der Waals surface area contributed by atoms with Gasteiger partial charge in [-0.2, -0.15) is 5.10 Å². The van der Waals surface area contributed by atoms with Crippen molar-refractivity contribution < 1.29 is 14.3 Å². The fourth-order valence-corrected chi connectivity index (χ4v) is 2.57. The number of anilines is 1. The molecule has 1 aliphatic rings. The van der Waals surface area contributed by atoms with Crippen LogP contribution in [0.4, 0.5) is 10.6 Å². The van der Waals surface area contributed by atoms with Crippen molar-refractivity contribution in [2.45, 2.75) is 58.2 Å². The molecule has 1 saturated carbocycles. The van der Waals surface area contributed by atoms with E-state index in [1.54, 1.807) is 57.1 Å². The summed E-state index contributed by atoms with van der Waals surface area (Å²) in [7, 11) is 0. The molecule has 9 heteroatoms. The Balaban J connectivity index is 1.71. The van der Waals surface area contributed by atoms with Gasteiger partial charge in [0.1, 0.15) is 11.6 Å². The number of H-pyrrole nitrogens is 1. The number of carbonyl (C=O) groups excluding carboxylic acids is 2. The van der Waals surface area contributed by atoms with Crippen LogP contribution in [-0.2, 0) is 9.53 Å². The van der Waals surface area contributed by atoms with Gasteiger partial charge in [0.15, 0.2) is 5.82 Å². The van der Waals surface area contributed by atoms with Crippen molar-refractivity contribution >= 4 is 17.8 Å². The first-order valence-corrected chi connectivity index (χ1v) is 8.90. The van der Waals surface area contributed by atoms with E-state index in [9.17, 15) is 9.59 Å². The molecule has 0 radical (unpaired) electrons. The Morgan fingerprint density at radius 1 is 1.30 bits per heavy atom. The SMILES string of the molecule is CC(NC(=O)OC(C)(C)C)C(=O)N(c1ccc(-c2cn[nH]c2)nn1)C1CC1. The van der Waals surface area contributed by atoms with Crippen LogP contribution < -0.4 is 10.2 Å². The Hall–Kier alpha value is -2.97. The van der Waals surface area contributed by atoms with Crippen molar-refractivity contribution in [3.63, 3.8) is 0 Å². The van der Waals surface area contributed by atoms with Crippen LogP contribution in [0.15, 0.2) is 24.5 Å². The number of rotatable bonds is 5. The van der Waals surface area contributed by atoms with E-state index < -0.39 is 17.7 Å². The molecule has 144 valence electrons. The summed E-state index contributed by atoms with van der Waals surface area (Å²) >= 11 is 0. The molecule has 1 atom stereocenters. The minimum absolute atomic E-state index is 0.0782. The van der Waals surface area contributed by atoms with E-state index in [0.717, 1.165) is 18.4 Å². The highest BCUT2D eigenvalue weighted by Crippen LogP contribution is 2.31. The van der Waals surface area contributed by atoms with Crippen molar-refractivity contribution in [3.05, 3.63) is 24.5 Å². The lowest BCUT2D eigenvalue weighted by Gasteiger charge is -2.26. The molecule has 2 aromatic rings. The molecule has 2 heterocycles. The van der Waals surface area contributed by atoms with Crippen LogP contribution in [0.5, 0.6) is 0 Å². The predicted molar refractivity (Wildman–Crippen MR) is 99.0 cm³/mol. The molecule has 27 heavy (non-hydrogen) atoms. The zero-order valence-corrected chi connectivity index (χ0v) is 15.9. The molecular weight excluding hydrogens is 348 g/mol. The molecule has 0 aliphatic heterocycles. The third-order valence-corrected chi connectivity index (χ3v) is 3.94. The Kier molecular flexibility index (Phi) is 5.11. The average molecular weight is 372 g/mol. The Morgan fingerprint density at radius 2 is 2.04 bits per heavy atom. The second kappa shape index (κ2) is 7.34. The number of alkyl carbamates (subject to hydrolysis) is 1. The number of aromatic nitrogens is 4. The largest absolute Gasteiger partial charge is 0.444 e. The fourth-order valence-electron chi connectivity index (χ4n) is 2.57. The van der Waals surface area contributed by atoms with Gasteiger partial charge in [0.25, 0.3) is 5.91 Å². The van der Waals surface area contributed by atoms with Gasteiger partial charge in [-0.05, 0) is 52.7 Å². The van der Waals surface area contributed by atoms with Gasteiger partial charge < -0.3 is 10.1 Å². The molecule has 9 nitrogen and oxygen atoms in total. The maximum Gasteiger partial charge on any atom is 0.408 e. The zero-order chi connectivity index (χ0) is 19.6. The van der Waals surface area contributed by atoms with Gasteiger partial charge >= 0.3 is 6.09 Å². The van der Waals surface area contributed by atoms with Gasteiger partial charge in [-0.15, -0.1) is 10.2 Å². The summed E-state index contributed by atoms with van der Waals surface area (Å²) < 4.78 is 5.22. The number of nitrogens with one attached hydrogen (secondary N) is 2. The Morgan fingerprint density at radius 3 is 2.56 bits per heavy atom. The monoisotopic (exact) mass is 372 g/mol. The van der Waals surface area contributed by atoms with E-state index in [-0.39, 0.29) is 11.9 Å². The Bertz CT molecular complexity index is 794. The van der Waals surface area contributed by atoms with Gasteiger partial charge in [-0.1, -0.05) is 0 Å². The molecule has 3 rings (SSSR count). The molecular formula is C18H24N6O3. The second-order valence-electron chi connectivity index (χ2n) is 7.57. The van der Waals surface area contributed by atoms with E-state index in [0.29, 0.717) is 11.5 Å². The quantitative estimate of drug-likeness (QED) is 0.832. The number of aromatic amines is 1. The third kappa shape index (κ3) is 4.81. The highest BCUT2D eigenvalue weighted by molar-refractivity contribution is 5.98. The third-order valence-electron chi connectivity index (χ3n) is 3.94. The van der Waals surface area contributed by atoms with Gasteiger partial charge in [-0.25, -0.2) is 4.79 Å². The Labute approximate surface area is 157 Å². The van der Waals surface area contributed by atoms with Crippen molar-refractivity contribution in [2.24, 2.45) is 0 Å². The van der Waals surface area contributed by atoms with Crippen molar-refractivity contribution in [1.29, 1.82) is 0 Å². The molecule has 0 spiro atoms. The maximum absolute atomic E-state index is 12.9. The summed E-state index contributed by atoms with van der Waals surface area (Å²) in [6, 6.07) is 2.89. The number of hydrogen-bond acceptors (Lipinski definition) is 6. The molecule has 0 saturated heterocycles. The van der Waals surface area contributed by atoms with Gasteiger partial charge in [0, 0.05) is 17.8 Å². The van der Waals surface area contributed by atoms with E-state index in [4.69, 9.17) is 4.74 Å². The van der Waals surface area contributed by atoms with Crippen LogP contribution in [0.1, 0.15) is 40.5 Å². The molecule has 0 bridgehead atoms. The highest BCUT2D eigenvalue weighted by Gasteiger charge is 2.37. The van der Waals surface area contributed by atoms with Gasteiger partial charge in [0.2, 0.25) is 0 Å². The molecule has 1 unspecified atom stereocenters. The van der Waals surface area contributed by atoms with Crippen LogP contribution >= 0.6 is 0 Å². The average Bonchev–Trinajstić information content (AvgIpc) is 3.26. The van der Waals surface area contributed by atoms with Crippen molar-refractivity contribution in [3.8, 4) is 11.3 Å². The van der Waals surface area contributed by atoms with Crippen LogP contribution in [0.3, 0.4) is 0 Å². The summed E-state index contributed by atoms with van der Waals surface area (Å²) in [5, 5.41) is 17.6. The zero-order valence-electron chi connectivity index (χ0n) is 15.9.